The molecule has 0 fully saturated rings. The lowest BCUT2D eigenvalue weighted by molar-refractivity contribution is 0.300. The van der Waals surface area contributed by atoms with Crippen molar-refractivity contribution in [1.82, 2.24) is 9.13 Å². The molecular weight excluding hydrogens is 304 g/mol. The minimum absolute atomic E-state index is 0.102. The Labute approximate surface area is 139 Å². The number of hydrogen-bond acceptors (Lipinski definition) is 3. The number of rotatable bonds is 5. The van der Waals surface area contributed by atoms with Crippen molar-refractivity contribution in [1.29, 1.82) is 0 Å². The van der Waals surface area contributed by atoms with Gasteiger partial charge in [-0.15, -0.1) is 0 Å². The maximum atomic E-state index is 12.3. The fourth-order valence-electron chi connectivity index (χ4n) is 2.41. The van der Waals surface area contributed by atoms with Crippen LogP contribution < -0.4 is 15.7 Å². The van der Waals surface area contributed by atoms with Crippen LogP contribution >= 0.6 is 0 Å². The van der Waals surface area contributed by atoms with Gasteiger partial charge in [0.25, 0.3) is 5.56 Å². The van der Waals surface area contributed by atoms with Gasteiger partial charge in [-0.2, -0.15) is 0 Å². The number of benzene rings is 1. The molecule has 0 aliphatic carbocycles. The number of nitrogens with zero attached hydrogens (tertiary/aromatic N) is 2. The molecule has 5 heteroatoms. The molecule has 0 saturated heterocycles. The Morgan fingerprint density at radius 1 is 1.00 bits per heavy atom. The summed E-state index contributed by atoms with van der Waals surface area (Å²) in [6.07, 6.45) is 3.36. The monoisotopic (exact) mass is 322 g/mol. The molecule has 1 aromatic carbocycles. The lowest BCUT2D eigenvalue weighted by Gasteiger charge is -2.13. The zero-order chi connectivity index (χ0) is 16.9. The van der Waals surface area contributed by atoms with E-state index in [9.17, 15) is 9.59 Å². The molecule has 0 amide bonds. The Morgan fingerprint density at radius 3 is 2.50 bits per heavy atom. The van der Waals surface area contributed by atoms with Crippen LogP contribution in [0.5, 0.6) is 5.75 Å². The Morgan fingerprint density at radius 2 is 1.75 bits per heavy atom. The van der Waals surface area contributed by atoms with Crippen LogP contribution in [0.3, 0.4) is 0 Å². The predicted octanol–water partition coefficient (Wildman–Crippen LogP) is 2.17. The molecule has 3 aromatic rings. The molecule has 0 atom stereocenters. The second-order valence-corrected chi connectivity index (χ2v) is 5.55. The summed E-state index contributed by atoms with van der Waals surface area (Å²) < 4.78 is 8.99. The molecule has 0 N–H and O–H groups in total. The molecule has 0 bridgehead atoms. The van der Waals surface area contributed by atoms with E-state index in [-0.39, 0.29) is 11.0 Å². The SMILES string of the molecule is Cn1cc(OCc2ccccc2)c(=O)cc1Cn1ccccc1=O. The Hall–Kier alpha value is -3.08. The zero-order valence-electron chi connectivity index (χ0n) is 13.4. The lowest BCUT2D eigenvalue weighted by Crippen LogP contribution is -2.22. The molecule has 24 heavy (non-hydrogen) atoms. The molecular formula is C19H18N2O3. The number of hydrogen-bond donors (Lipinski definition) is 0. The van der Waals surface area contributed by atoms with Gasteiger partial charge < -0.3 is 13.9 Å². The molecule has 0 saturated carbocycles. The van der Waals surface area contributed by atoms with Crippen molar-refractivity contribution in [2.24, 2.45) is 7.05 Å². The van der Waals surface area contributed by atoms with Gasteiger partial charge in [-0.05, 0) is 11.6 Å². The van der Waals surface area contributed by atoms with Gasteiger partial charge in [0.2, 0.25) is 5.43 Å². The van der Waals surface area contributed by atoms with E-state index >= 15 is 0 Å². The van der Waals surface area contributed by atoms with Crippen LogP contribution in [0.15, 0.2) is 76.6 Å². The first-order valence-electron chi connectivity index (χ1n) is 7.65. The highest BCUT2D eigenvalue weighted by atomic mass is 16.5. The minimum Gasteiger partial charge on any atom is -0.483 e. The quantitative estimate of drug-likeness (QED) is 0.723. The standard InChI is InChI=1S/C19H18N2O3/c1-20-13-18(24-14-15-7-3-2-4-8-15)17(22)11-16(20)12-21-10-6-5-9-19(21)23/h2-11,13H,12,14H2,1H3. The third kappa shape index (κ3) is 3.63. The minimum atomic E-state index is -0.192. The molecule has 5 nitrogen and oxygen atoms in total. The Kier molecular flexibility index (Phi) is 4.61. The van der Waals surface area contributed by atoms with Gasteiger partial charge in [0.1, 0.15) is 6.61 Å². The third-order valence-corrected chi connectivity index (χ3v) is 3.77. The van der Waals surface area contributed by atoms with Crippen molar-refractivity contribution < 1.29 is 4.74 Å². The smallest absolute Gasteiger partial charge is 0.250 e. The summed E-state index contributed by atoms with van der Waals surface area (Å²) in [4.78, 5) is 24.1. The van der Waals surface area contributed by atoms with Crippen molar-refractivity contribution in [2.45, 2.75) is 13.2 Å². The summed E-state index contributed by atoms with van der Waals surface area (Å²) in [5.74, 6) is 0.297. The molecule has 122 valence electrons. The fraction of sp³-hybridized carbons (Fsp3) is 0.158. The molecule has 0 radical (unpaired) electrons. The van der Waals surface area contributed by atoms with E-state index in [0.29, 0.717) is 18.9 Å². The van der Waals surface area contributed by atoms with E-state index in [1.165, 1.54) is 12.1 Å². The number of pyridine rings is 2. The Balaban J connectivity index is 1.80. The highest BCUT2D eigenvalue weighted by Crippen LogP contribution is 2.09. The number of aryl methyl sites for hydroxylation is 1. The van der Waals surface area contributed by atoms with Crippen molar-refractivity contribution in [3.8, 4) is 5.75 Å². The normalized spacial score (nSPS) is 10.5. The van der Waals surface area contributed by atoms with E-state index in [1.807, 2.05) is 37.4 Å². The third-order valence-electron chi connectivity index (χ3n) is 3.77. The average Bonchev–Trinajstić information content (AvgIpc) is 2.59. The van der Waals surface area contributed by atoms with E-state index in [1.54, 1.807) is 33.7 Å². The van der Waals surface area contributed by atoms with Crippen LogP contribution in [0.25, 0.3) is 0 Å². The van der Waals surface area contributed by atoms with Gasteiger partial charge in [-0.25, -0.2) is 0 Å². The van der Waals surface area contributed by atoms with Crippen LogP contribution in [0.1, 0.15) is 11.3 Å². The van der Waals surface area contributed by atoms with Crippen LogP contribution in [-0.4, -0.2) is 9.13 Å². The summed E-state index contributed by atoms with van der Waals surface area (Å²) in [5, 5.41) is 0. The molecule has 0 aliphatic heterocycles. The Bertz CT molecular complexity index is 943. The second kappa shape index (κ2) is 7.00. The lowest BCUT2D eigenvalue weighted by atomic mass is 10.2. The van der Waals surface area contributed by atoms with Crippen LogP contribution in [0.4, 0.5) is 0 Å². The summed E-state index contributed by atoms with van der Waals surface area (Å²) in [6.45, 7) is 0.679. The van der Waals surface area contributed by atoms with E-state index in [0.717, 1.165) is 11.3 Å². The van der Waals surface area contributed by atoms with Crippen molar-refractivity contribution in [3.05, 3.63) is 98.8 Å². The van der Waals surface area contributed by atoms with Gasteiger partial charge in [-0.3, -0.25) is 9.59 Å². The molecule has 0 unspecified atom stereocenters. The van der Waals surface area contributed by atoms with Crippen molar-refractivity contribution >= 4 is 0 Å². The highest BCUT2D eigenvalue weighted by Gasteiger charge is 2.07. The van der Waals surface area contributed by atoms with Gasteiger partial charge in [0.15, 0.2) is 5.75 Å². The topological polar surface area (TPSA) is 53.2 Å². The van der Waals surface area contributed by atoms with E-state index in [4.69, 9.17) is 4.74 Å². The van der Waals surface area contributed by atoms with Crippen molar-refractivity contribution in [3.63, 3.8) is 0 Å². The zero-order valence-corrected chi connectivity index (χ0v) is 13.4. The maximum Gasteiger partial charge on any atom is 0.250 e. The first kappa shape index (κ1) is 15.8. The van der Waals surface area contributed by atoms with Crippen molar-refractivity contribution in [2.75, 3.05) is 0 Å². The molecule has 3 rings (SSSR count). The van der Waals surface area contributed by atoms with E-state index in [2.05, 4.69) is 0 Å². The average molecular weight is 322 g/mol. The highest BCUT2D eigenvalue weighted by molar-refractivity contribution is 5.23. The van der Waals surface area contributed by atoms with Gasteiger partial charge >= 0.3 is 0 Å². The van der Waals surface area contributed by atoms with Gasteiger partial charge in [-0.1, -0.05) is 36.4 Å². The summed E-state index contributed by atoms with van der Waals surface area (Å²) in [5.41, 5.74) is 1.44. The van der Waals surface area contributed by atoms with E-state index < -0.39 is 0 Å². The van der Waals surface area contributed by atoms with Gasteiger partial charge in [0.05, 0.1) is 12.7 Å². The van der Waals surface area contributed by atoms with Gasteiger partial charge in [0, 0.05) is 31.1 Å². The van der Waals surface area contributed by atoms with Crippen LogP contribution in [0.2, 0.25) is 0 Å². The molecule has 0 spiro atoms. The number of aromatic nitrogens is 2. The summed E-state index contributed by atoms with van der Waals surface area (Å²) in [6, 6.07) is 16.2. The molecule has 2 aromatic heterocycles. The van der Waals surface area contributed by atoms with Crippen LogP contribution in [0, 0.1) is 0 Å². The molecule has 2 heterocycles. The maximum absolute atomic E-state index is 12.3. The second-order valence-electron chi connectivity index (χ2n) is 5.55. The van der Waals surface area contributed by atoms with Crippen LogP contribution in [-0.2, 0) is 20.2 Å². The molecule has 0 aliphatic rings. The largest absolute Gasteiger partial charge is 0.483 e. The predicted molar refractivity (Wildman–Crippen MR) is 92.3 cm³/mol. The first-order chi connectivity index (χ1) is 11.6. The summed E-state index contributed by atoms with van der Waals surface area (Å²) >= 11 is 0. The number of ether oxygens (including phenoxy) is 1. The summed E-state index contributed by atoms with van der Waals surface area (Å²) in [7, 11) is 1.83. The first-order valence-corrected chi connectivity index (χ1v) is 7.65. The fourth-order valence-corrected chi connectivity index (χ4v) is 2.41.